The van der Waals surface area contributed by atoms with Crippen LogP contribution in [0.5, 0.6) is 11.5 Å². The molecule has 0 amide bonds. The van der Waals surface area contributed by atoms with Gasteiger partial charge in [-0.2, -0.15) is 0 Å². The van der Waals surface area contributed by atoms with Crippen molar-refractivity contribution in [3.05, 3.63) is 59.2 Å². The smallest absolute Gasteiger partial charge is 0.119 e. The zero-order valence-corrected chi connectivity index (χ0v) is 13.6. The SMILES string of the molecule is COc1cccc(C(CN)CCOc2cc(C)cc(C)c2)c1. The molecule has 2 aromatic carbocycles. The molecule has 1 unspecified atom stereocenters. The largest absolute Gasteiger partial charge is 0.497 e. The zero-order chi connectivity index (χ0) is 15.9. The molecule has 2 rings (SSSR count). The fraction of sp³-hybridized carbons (Fsp3) is 0.368. The van der Waals surface area contributed by atoms with Crippen molar-refractivity contribution < 1.29 is 9.47 Å². The van der Waals surface area contributed by atoms with Crippen molar-refractivity contribution in [1.29, 1.82) is 0 Å². The minimum absolute atomic E-state index is 0.279. The van der Waals surface area contributed by atoms with Crippen molar-refractivity contribution in [2.75, 3.05) is 20.3 Å². The normalized spacial score (nSPS) is 12.0. The van der Waals surface area contributed by atoms with E-state index in [1.54, 1.807) is 7.11 Å². The predicted molar refractivity (Wildman–Crippen MR) is 90.8 cm³/mol. The van der Waals surface area contributed by atoms with Crippen molar-refractivity contribution in [2.24, 2.45) is 5.73 Å². The van der Waals surface area contributed by atoms with Crippen LogP contribution in [0.25, 0.3) is 0 Å². The van der Waals surface area contributed by atoms with Gasteiger partial charge in [0.25, 0.3) is 0 Å². The molecule has 0 heterocycles. The maximum atomic E-state index is 5.93. The van der Waals surface area contributed by atoms with E-state index in [0.717, 1.165) is 17.9 Å². The van der Waals surface area contributed by atoms with E-state index in [-0.39, 0.29) is 5.92 Å². The Morgan fingerprint density at radius 3 is 2.36 bits per heavy atom. The van der Waals surface area contributed by atoms with Crippen molar-refractivity contribution in [1.82, 2.24) is 0 Å². The van der Waals surface area contributed by atoms with Crippen LogP contribution in [-0.4, -0.2) is 20.3 Å². The van der Waals surface area contributed by atoms with Gasteiger partial charge in [0.1, 0.15) is 11.5 Å². The minimum Gasteiger partial charge on any atom is -0.497 e. The molecule has 0 saturated heterocycles. The number of hydrogen-bond acceptors (Lipinski definition) is 3. The van der Waals surface area contributed by atoms with E-state index in [2.05, 4.69) is 38.1 Å². The molecular weight excluding hydrogens is 274 g/mol. The summed E-state index contributed by atoms with van der Waals surface area (Å²) in [6.45, 7) is 5.42. The Kier molecular flexibility index (Phi) is 5.84. The maximum Gasteiger partial charge on any atom is 0.119 e. The van der Waals surface area contributed by atoms with Gasteiger partial charge in [-0.1, -0.05) is 18.2 Å². The van der Waals surface area contributed by atoms with Gasteiger partial charge in [0.05, 0.1) is 13.7 Å². The molecule has 118 valence electrons. The Hall–Kier alpha value is -2.00. The van der Waals surface area contributed by atoms with Gasteiger partial charge in [0.2, 0.25) is 0 Å². The van der Waals surface area contributed by atoms with E-state index in [9.17, 15) is 0 Å². The summed E-state index contributed by atoms with van der Waals surface area (Å²) < 4.78 is 11.2. The Morgan fingerprint density at radius 2 is 1.73 bits per heavy atom. The molecule has 0 fully saturated rings. The Balaban J connectivity index is 1.96. The number of hydrogen-bond donors (Lipinski definition) is 1. The van der Waals surface area contributed by atoms with Crippen LogP contribution in [0.3, 0.4) is 0 Å². The van der Waals surface area contributed by atoms with Crippen molar-refractivity contribution in [3.8, 4) is 11.5 Å². The first kappa shape index (κ1) is 16.4. The topological polar surface area (TPSA) is 44.5 Å². The first-order valence-electron chi connectivity index (χ1n) is 7.67. The van der Waals surface area contributed by atoms with Crippen LogP contribution in [0, 0.1) is 13.8 Å². The predicted octanol–water partition coefficient (Wildman–Crippen LogP) is 3.82. The first-order chi connectivity index (χ1) is 10.6. The van der Waals surface area contributed by atoms with E-state index in [1.165, 1.54) is 16.7 Å². The summed E-state index contributed by atoms with van der Waals surface area (Å²) in [5.74, 6) is 2.08. The van der Waals surface area contributed by atoms with Gasteiger partial charge >= 0.3 is 0 Å². The van der Waals surface area contributed by atoms with Gasteiger partial charge < -0.3 is 15.2 Å². The van der Waals surface area contributed by atoms with Crippen LogP contribution in [0.2, 0.25) is 0 Å². The number of rotatable bonds is 7. The third-order valence-corrected chi connectivity index (χ3v) is 3.78. The van der Waals surface area contributed by atoms with Crippen LogP contribution >= 0.6 is 0 Å². The lowest BCUT2D eigenvalue weighted by atomic mass is 9.96. The third-order valence-electron chi connectivity index (χ3n) is 3.78. The molecule has 0 radical (unpaired) electrons. The first-order valence-corrected chi connectivity index (χ1v) is 7.67. The molecule has 22 heavy (non-hydrogen) atoms. The lowest BCUT2D eigenvalue weighted by Crippen LogP contribution is -2.15. The van der Waals surface area contributed by atoms with E-state index in [0.29, 0.717) is 13.2 Å². The van der Waals surface area contributed by atoms with Crippen LogP contribution < -0.4 is 15.2 Å². The molecule has 3 nitrogen and oxygen atoms in total. The lowest BCUT2D eigenvalue weighted by molar-refractivity contribution is 0.298. The summed E-state index contributed by atoms with van der Waals surface area (Å²) in [7, 11) is 1.68. The highest BCUT2D eigenvalue weighted by Crippen LogP contribution is 2.24. The van der Waals surface area contributed by atoms with Crippen LogP contribution in [0.4, 0.5) is 0 Å². The molecule has 0 aliphatic carbocycles. The summed E-state index contributed by atoms with van der Waals surface area (Å²) >= 11 is 0. The molecule has 0 spiro atoms. The highest BCUT2D eigenvalue weighted by molar-refractivity contribution is 5.33. The van der Waals surface area contributed by atoms with E-state index in [4.69, 9.17) is 15.2 Å². The van der Waals surface area contributed by atoms with Gasteiger partial charge in [-0.25, -0.2) is 0 Å². The Bertz CT molecular complexity index is 590. The van der Waals surface area contributed by atoms with Gasteiger partial charge in [0.15, 0.2) is 0 Å². The van der Waals surface area contributed by atoms with Gasteiger partial charge in [-0.3, -0.25) is 0 Å². The lowest BCUT2D eigenvalue weighted by Gasteiger charge is -2.17. The molecule has 0 aromatic heterocycles. The highest BCUT2D eigenvalue weighted by atomic mass is 16.5. The molecule has 2 N–H and O–H groups in total. The third kappa shape index (κ3) is 4.50. The van der Waals surface area contributed by atoms with Gasteiger partial charge in [-0.15, -0.1) is 0 Å². The molecule has 0 bridgehead atoms. The molecule has 0 aliphatic rings. The zero-order valence-electron chi connectivity index (χ0n) is 13.6. The van der Waals surface area contributed by atoms with Crippen LogP contribution in [0.15, 0.2) is 42.5 Å². The number of methoxy groups -OCH3 is 1. The van der Waals surface area contributed by atoms with Crippen molar-refractivity contribution in [3.63, 3.8) is 0 Å². The molecule has 2 aromatic rings. The summed E-state index contributed by atoms with van der Waals surface area (Å²) in [5, 5.41) is 0. The maximum absolute atomic E-state index is 5.93. The van der Waals surface area contributed by atoms with E-state index < -0.39 is 0 Å². The number of aryl methyl sites for hydroxylation is 2. The second-order valence-electron chi connectivity index (χ2n) is 5.67. The van der Waals surface area contributed by atoms with E-state index >= 15 is 0 Å². The fourth-order valence-corrected chi connectivity index (χ4v) is 2.65. The minimum atomic E-state index is 0.279. The van der Waals surface area contributed by atoms with Crippen LogP contribution in [-0.2, 0) is 0 Å². The monoisotopic (exact) mass is 299 g/mol. The standard InChI is InChI=1S/C19H25NO2/c1-14-9-15(2)11-19(10-14)22-8-7-17(13-20)16-5-4-6-18(12-16)21-3/h4-6,9-12,17H,7-8,13,20H2,1-3H3. The fourth-order valence-electron chi connectivity index (χ4n) is 2.65. The van der Waals surface area contributed by atoms with Gasteiger partial charge in [-0.05, 0) is 73.7 Å². The summed E-state index contributed by atoms with van der Waals surface area (Å²) in [5.41, 5.74) is 9.57. The van der Waals surface area contributed by atoms with Crippen molar-refractivity contribution in [2.45, 2.75) is 26.2 Å². The molecular formula is C19H25NO2. The number of benzene rings is 2. The number of ether oxygens (including phenoxy) is 2. The quantitative estimate of drug-likeness (QED) is 0.845. The summed E-state index contributed by atoms with van der Waals surface area (Å²) in [6.07, 6.45) is 0.886. The van der Waals surface area contributed by atoms with Crippen molar-refractivity contribution >= 4 is 0 Å². The molecule has 0 aliphatic heterocycles. The Labute approximate surface area is 133 Å². The molecule has 1 atom stereocenters. The Morgan fingerprint density at radius 1 is 1.00 bits per heavy atom. The van der Waals surface area contributed by atoms with E-state index in [1.807, 2.05) is 18.2 Å². The molecule has 3 heteroatoms. The molecule has 0 saturated carbocycles. The number of nitrogens with two attached hydrogens (primary N) is 1. The average molecular weight is 299 g/mol. The summed E-state index contributed by atoms with van der Waals surface area (Å²) in [6, 6.07) is 14.4. The highest BCUT2D eigenvalue weighted by Gasteiger charge is 2.11. The van der Waals surface area contributed by atoms with Crippen LogP contribution in [0.1, 0.15) is 29.0 Å². The second kappa shape index (κ2) is 7.85. The van der Waals surface area contributed by atoms with Gasteiger partial charge in [0, 0.05) is 0 Å². The average Bonchev–Trinajstić information content (AvgIpc) is 2.50. The summed E-state index contributed by atoms with van der Waals surface area (Å²) in [4.78, 5) is 0. The second-order valence-corrected chi connectivity index (χ2v) is 5.67.